The first-order valence-electron chi connectivity index (χ1n) is 11.5. The van der Waals surface area contributed by atoms with Gasteiger partial charge in [0.05, 0.1) is 12.7 Å². The molecule has 1 aliphatic heterocycles. The highest BCUT2D eigenvalue weighted by Gasteiger charge is 2.64. The van der Waals surface area contributed by atoms with Crippen LogP contribution >= 0.6 is 0 Å². The molecule has 0 amide bonds. The fourth-order valence-electron chi connectivity index (χ4n) is 6.21. The Balaban J connectivity index is 2.14. The smallest absolute Gasteiger partial charge is 0.330 e. The molecule has 3 rings (SSSR count). The Bertz CT molecular complexity index is 809. The zero-order valence-corrected chi connectivity index (χ0v) is 20.5. The molecule has 5 heteroatoms. The van der Waals surface area contributed by atoms with E-state index < -0.39 is 22.8 Å². The van der Waals surface area contributed by atoms with E-state index in [4.69, 9.17) is 14.2 Å². The molecule has 0 spiro atoms. The lowest BCUT2D eigenvalue weighted by atomic mass is 9.65. The lowest BCUT2D eigenvalue weighted by Gasteiger charge is -2.42. The Labute approximate surface area is 187 Å². The van der Waals surface area contributed by atoms with E-state index >= 15 is 0 Å². The van der Waals surface area contributed by atoms with Gasteiger partial charge in [-0.05, 0) is 75.0 Å². The quantitative estimate of drug-likeness (QED) is 0.378. The van der Waals surface area contributed by atoms with Gasteiger partial charge >= 0.3 is 5.97 Å². The van der Waals surface area contributed by atoms with E-state index in [1.165, 1.54) is 6.08 Å². The summed E-state index contributed by atoms with van der Waals surface area (Å²) in [4.78, 5) is 12.1. The predicted molar refractivity (Wildman–Crippen MR) is 121 cm³/mol. The second-order valence-corrected chi connectivity index (χ2v) is 10.9. The lowest BCUT2D eigenvalue weighted by Crippen LogP contribution is -2.45. The maximum atomic E-state index is 12.1. The van der Waals surface area contributed by atoms with Crippen molar-refractivity contribution < 1.29 is 24.1 Å². The summed E-state index contributed by atoms with van der Waals surface area (Å²) in [6.07, 6.45) is 6.52. The van der Waals surface area contributed by atoms with Gasteiger partial charge < -0.3 is 19.3 Å². The Morgan fingerprint density at radius 1 is 1.29 bits per heavy atom. The van der Waals surface area contributed by atoms with Crippen molar-refractivity contribution in [2.75, 3.05) is 6.61 Å². The summed E-state index contributed by atoms with van der Waals surface area (Å²) in [5.74, 6) is -0.411. The first kappa shape index (κ1) is 24.2. The zero-order chi connectivity index (χ0) is 23.4. The Hall–Kier alpha value is -1.43. The molecule has 0 aromatic heterocycles. The van der Waals surface area contributed by atoms with Crippen LogP contribution in [0.3, 0.4) is 0 Å². The van der Waals surface area contributed by atoms with Gasteiger partial charge in [-0.15, -0.1) is 0 Å². The van der Waals surface area contributed by atoms with E-state index in [0.29, 0.717) is 24.5 Å². The van der Waals surface area contributed by atoms with Crippen molar-refractivity contribution >= 4 is 5.97 Å². The fourth-order valence-corrected chi connectivity index (χ4v) is 6.21. The summed E-state index contributed by atoms with van der Waals surface area (Å²) in [6, 6.07) is 0. The molecular formula is C26H40O5. The van der Waals surface area contributed by atoms with E-state index in [-0.39, 0.29) is 23.5 Å². The molecule has 1 saturated carbocycles. The number of ether oxygens (including phenoxy) is 3. The summed E-state index contributed by atoms with van der Waals surface area (Å²) in [6.45, 7) is 20.7. The van der Waals surface area contributed by atoms with Crippen molar-refractivity contribution in [3.63, 3.8) is 0 Å². The number of hydrogen-bond donors (Lipinski definition) is 1. The second-order valence-electron chi connectivity index (χ2n) is 10.9. The molecule has 2 aliphatic carbocycles. The number of fused-ring (bicyclic) bond motifs is 3. The molecule has 0 aromatic rings. The average Bonchev–Trinajstić information content (AvgIpc) is 3.02. The molecule has 31 heavy (non-hydrogen) atoms. The number of esters is 1. The molecule has 2 fully saturated rings. The van der Waals surface area contributed by atoms with Crippen molar-refractivity contribution in [2.45, 2.75) is 91.8 Å². The fraction of sp³-hybridized carbons (Fsp3) is 0.731. The third-order valence-electron chi connectivity index (χ3n) is 7.83. The van der Waals surface area contributed by atoms with Gasteiger partial charge in [-0.25, -0.2) is 4.79 Å². The largest absolute Gasteiger partial charge is 0.463 e. The van der Waals surface area contributed by atoms with Crippen LogP contribution in [0, 0.1) is 22.7 Å². The zero-order valence-electron chi connectivity index (χ0n) is 20.5. The summed E-state index contributed by atoms with van der Waals surface area (Å²) in [5, 5.41) is 12.1. The molecule has 0 radical (unpaired) electrons. The first-order valence-corrected chi connectivity index (χ1v) is 11.5. The summed E-state index contributed by atoms with van der Waals surface area (Å²) in [7, 11) is 0. The molecule has 0 unspecified atom stereocenters. The summed E-state index contributed by atoms with van der Waals surface area (Å²) >= 11 is 0. The maximum absolute atomic E-state index is 12.1. The molecule has 3 aliphatic rings. The third kappa shape index (κ3) is 3.83. The van der Waals surface area contributed by atoms with Gasteiger partial charge in [0.2, 0.25) is 0 Å². The molecule has 174 valence electrons. The van der Waals surface area contributed by atoms with Crippen LogP contribution in [0.1, 0.15) is 68.2 Å². The van der Waals surface area contributed by atoms with E-state index in [2.05, 4.69) is 27.4 Å². The Morgan fingerprint density at radius 2 is 1.94 bits per heavy atom. The van der Waals surface area contributed by atoms with Crippen LogP contribution in [0.25, 0.3) is 0 Å². The number of rotatable bonds is 5. The summed E-state index contributed by atoms with van der Waals surface area (Å²) in [5.41, 5.74) is -0.476. The maximum Gasteiger partial charge on any atom is 0.330 e. The van der Waals surface area contributed by atoms with Crippen molar-refractivity contribution in [1.82, 2.24) is 0 Å². The van der Waals surface area contributed by atoms with Crippen molar-refractivity contribution in [2.24, 2.45) is 22.7 Å². The molecule has 0 aromatic carbocycles. The minimum absolute atomic E-state index is 0.0416. The molecular weight excluding hydrogens is 392 g/mol. The third-order valence-corrected chi connectivity index (χ3v) is 7.83. The minimum atomic E-state index is -1.32. The topological polar surface area (TPSA) is 65.0 Å². The van der Waals surface area contributed by atoms with E-state index in [0.717, 1.165) is 12.0 Å². The van der Waals surface area contributed by atoms with Crippen LogP contribution < -0.4 is 0 Å². The van der Waals surface area contributed by atoms with Crippen LogP contribution in [0.2, 0.25) is 0 Å². The predicted octanol–water partition coefficient (Wildman–Crippen LogP) is 4.95. The monoisotopic (exact) mass is 432 g/mol. The van der Waals surface area contributed by atoms with Crippen LogP contribution in [-0.4, -0.2) is 41.3 Å². The highest BCUT2D eigenvalue weighted by atomic mass is 16.8. The number of aliphatic hydroxyl groups is 1. The highest BCUT2D eigenvalue weighted by Crippen LogP contribution is 2.63. The van der Waals surface area contributed by atoms with Crippen LogP contribution in [-0.2, 0) is 19.0 Å². The van der Waals surface area contributed by atoms with Gasteiger partial charge in [0.1, 0.15) is 11.7 Å². The molecule has 0 bridgehead atoms. The van der Waals surface area contributed by atoms with E-state index in [9.17, 15) is 9.90 Å². The molecule has 6 atom stereocenters. The Morgan fingerprint density at radius 3 is 2.48 bits per heavy atom. The first-order chi connectivity index (χ1) is 14.2. The molecule has 5 nitrogen and oxygen atoms in total. The van der Waals surface area contributed by atoms with Gasteiger partial charge in [0, 0.05) is 11.5 Å². The molecule has 1 N–H and O–H groups in total. The van der Waals surface area contributed by atoms with Crippen molar-refractivity contribution in [1.29, 1.82) is 0 Å². The lowest BCUT2D eigenvalue weighted by molar-refractivity contribution is -0.162. The standard InChI is InChI=1S/C26H40O5/c1-10-29-19(27)11-12-24(8)13-14-25(9)18(15-26(24,28)17(4)5)21-22(20(25)16(2)3)31-23(6,7)30-21/h11-12,15-16,20-22,28H,4,10,13-14H2,1-3,5-9H3/b12-11+/t20-,21+,22-,24-,25-,26-/m0/s1. The van der Waals surface area contributed by atoms with Crippen LogP contribution in [0.4, 0.5) is 0 Å². The van der Waals surface area contributed by atoms with Crippen molar-refractivity contribution in [3.8, 4) is 0 Å². The molecule has 1 heterocycles. The number of carbonyl (C=O) groups is 1. The normalized spacial score (nSPS) is 41.6. The van der Waals surface area contributed by atoms with Crippen LogP contribution in [0.15, 0.2) is 36.0 Å². The highest BCUT2D eigenvalue weighted by molar-refractivity contribution is 5.82. The second kappa shape index (κ2) is 7.86. The van der Waals surface area contributed by atoms with Gasteiger partial charge in [0.15, 0.2) is 5.79 Å². The van der Waals surface area contributed by atoms with Gasteiger partial charge in [-0.1, -0.05) is 40.3 Å². The van der Waals surface area contributed by atoms with E-state index in [1.807, 2.05) is 33.8 Å². The van der Waals surface area contributed by atoms with Gasteiger partial charge in [-0.3, -0.25) is 0 Å². The average molecular weight is 433 g/mol. The minimum Gasteiger partial charge on any atom is -0.463 e. The van der Waals surface area contributed by atoms with E-state index in [1.54, 1.807) is 13.0 Å². The van der Waals surface area contributed by atoms with Gasteiger partial charge in [-0.2, -0.15) is 0 Å². The van der Waals surface area contributed by atoms with Crippen molar-refractivity contribution in [3.05, 3.63) is 36.0 Å². The molecule has 1 saturated heterocycles. The number of carbonyl (C=O) groups excluding carboxylic acids is 1. The van der Waals surface area contributed by atoms with Crippen LogP contribution in [0.5, 0.6) is 0 Å². The summed E-state index contributed by atoms with van der Waals surface area (Å²) < 4.78 is 17.9. The SMILES string of the molecule is C=C(C)[C@@]1(O)C=C2[C@H]3OC(C)(C)O[C@H]3[C@H](C(C)C)[C@@]2(C)CC[C@]1(C)/C=C/C(=O)OCC. The number of hydrogen-bond acceptors (Lipinski definition) is 5. The Kier molecular flexibility index (Phi) is 6.14. The van der Waals surface area contributed by atoms with Gasteiger partial charge in [0.25, 0.3) is 0 Å².